The van der Waals surface area contributed by atoms with Gasteiger partial charge in [0.25, 0.3) is 5.91 Å². The third-order valence-electron chi connectivity index (χ3n) is 2.30. The van der Waals surface area contributed by atoms with Gasteiger partial charge in [-0.3, -0.25) is 10.1 Å². The Morgan fingerprint density at radius 1 is 1.48 bits per heavy atom. The van der Waals surface area contributed by atoms with Crippen LogP contribution in [0, 0.1) is 0 Å². The second kappa shape index (κ2) is 7.58. The van der Waals surface area contributed by atoms with Gasteiger partial charge in [0.15, 0.2) is 4.34 Å². The number of nitrogens with one attached hydrogen (secondary N) is 1. The van der Waals surface area contributed by atoms with Crippen molar-refractivity contribution in [3.05, 3.63) is 22.8 Å². The molecule has 0 atom stereocenters. The number of nitrogens with zero attached hydrogens (tertiary/aromatic N) is 3. The minimum Gasteiger partial charge on any atom is -0.481 e. The lowest BCUT2D eigenvalue weighted by molar-refractivity contribution is 0.102. The van der Waals surface area contributed by atoms with E-state index in [4.69, 9.17) is 16.3 Å². The van der Waals surface area contributed by atoms with E-state index in [9.17, 15) is 4.79 Å². The number of rotatable bonds is 6. The number of aromatic nitrogens is 3. The molecule has 0 aliphatic rings. The number of thioether (sulfide) groups is 1. The smallest absolute Gasteiger partial charge is 0.257 e. The lowest BCUT2D eigenvalue weighted by atomic mass is 10.2. The first-order chi connectivity index (χ1) is 10.1. The average molecular weight is 345 g/mol. The quantitative estimate of drug-likeness (QED) is 0.492. The van der Waals surface area contributed by atoms with Gasteiger partial charge in [-0.2, -0.15) is 0 Å². The van der Waals surface area contributed by atoms with Crippen LogP contribution in [-0.4, -0.2) is 34.0 Å². The van der Waals surface area contributed by atoms with Gasteiger partial charge >= 0.3 is 0 Å². The first kappa shape index (κ1) is 16.0. The normalized spacial score (nSPS) is 10.4. The van der Waals surface area contributed by atoms with Crippen molar-refractivity contribution in [1.82, 2.24) is 15.2 Å². The van der Waals surface area contributed by atoms with Crippen LogP contribution in [0.25, 0.3) is 0 Å². The molecule has 0 aliphatic heterocycles. The SMILES string of the molecule is CCCSc1nnc(NC(=O)c2cc(Cl)nc(OC)c2)s1. The Labute approximate surface area is 135 Å². The van der Waals surface area contributed by atoms with E-state index in [-0.39, 0.29) is 16.9 Å². The van der Waals surface area contributed by atoms with Crippen LogP contribution in [0.3, 0.4) is 0 Å². The van der Waals surface area contributed by atoms with E-state index in [2.05, 4.69) is 27.4 Å². The third-order valence-corrected chi connectivity index (χ3v) is 4.67. The molecule has 2 aromatic heterocycles. The molecule has 1 N–H and O–H groups in total. The number of amides is 1. The molecular weight excluding hydrogens is 332 g/mol. The van der Waals surface area contributed by atoms with Crippen molar-refractivity contribution in [3.63, 3.8) is 0 Å². The Bertz CT molecular complexity index is 635. The first-order valence-corrected chi connectivity index (χ1v) is 8.29. The highest BCUT2D eigenvalue weighted by Crippen LogP contribution is 2.26. The zero-order chi connectivity index (χ0) is 15.2. The number of carbonyl (C=O) groups is 1. The standard InChI is InChI=1S/C12H13ClN4O2S2/c1-3-4-20-12-17-16-11(21-12)15-10(18)7-5-8(13)14-9(6-7)19-2/h5-6H,3-4H2,1-2H3,(H,15,16,18). The molecule has 0 aliphatic carbocycles. The van der Waals surface area contributed by atoms with Gasteiger partial charge in [-0.05, 0) is 12.5 Å². The lowest BCUT2D eigenvalue weighted by Crippen LogP contribution is -2.12. The van der Waals surface area contributed by atoms with Crippen LogP contribution < -0.4 is 10.1 Å². The highest BCUT2D eigenvalue weighted by Gasteiger charge is 2.13. The molecule has 2 rings (SSSR count). The molecule has 0 aromatic carbocycles. The summed E-state index contributed by atoms with van der Waals surface area (Å²) in [4.78, 5) is 16.1. The molecule has 2 aromatic rings. The number of hydrogen-bond acceptors (Lipinski definition) is 7. The fourth-order valence-corrected chi connectivity index (χ4v) is 3.26. The second-order valence-electron chi connectivity index (χ2n) is 3.90. The van der Waals surface area contributed by atoms with E-state index >= 15 is 0 Å². The van der Waals surface area contributed by atoms with Crippen molar-refractivity contribution in [1.29, 1.82) is 0 Å². The van der Waals surface area contributed by atoms with Gasteiger partial charge in [0, 0.05) is 17.4 Å². The molecule has 1 amide bonds. The van der Waals surface area contributed by atoms with E-state index in [0.717, 1.165) is 16.5 Å². The fraction of sp³-hybridized carbons (Fsp3) is 0.333. The highest BCUT2D eigenvalue weighted by atomic mass is 35.5. The average Bonchev–Trinajstić information content (AvgIpc) is 2.91. The van der Waals surface area contributed by atoms with Crippen molar-refractivity contribution >= 4 is 45.7 Å². The monoisotopic (exact) mass is 344 g/mol. The largest absolute Gasteiger partial charge is 0.481 e. The van der Waals surface area contributed by atoms with Crippen molar-refractivity contribution < 1.29 is 9.53 Å². The molecule has 0 saturated carbocycles. The van der Waals surface area contributed by atoms with Crippen LogP contribution in [0.5, 0.6) is 5.88 Å². The zero-order valence-electron chi connectivity index (χ0n) is 11.4. The summed E-state index contributed by atoms with van der Waals surface area (Å²) in [5.41, 5.74) is 0.352. The molecule has 0 unspecified atom stereocenters. The van der Waals surface area contributed by atoms with Crippen LogP contribution in [-0.2, 0) is 0 Å². The number of methoxy groups -OCH3 is 1. The van der Waals surface area contributed by atoms with Gasteiger partial charge in [-0.15, -0.1) is 10.2 Å². The van der Waals surface area contributed by atoms with E-state index in [0.29, 0.717) is 10.7 Å². The van der Waals surface area contributed by atoms with Gasteiger partial charge in [0.05, 0.1) is 7.11 Å². The van der Waals surface area contributed by atoms with Crippen molar-refractivity contribution in [2.24, 2.45) is 0 Å². The van der Waals surface area contributed by atoms with Crippen molar-refractivity contribution in [2.45, 2.75) is 17.7 Å². The minimum absolute atomic E-state index is 0.191. The second-order valence-corrected chi connectivity index (χ2v) is 6.60. The number of halogens is 1. The van der Waals surface area contributed by atoms with Gasteiger partial charge in [-0.25, -0.2) is 4.98 Å². The minimum atomic E-state index is -0.333. The molecule has 112 valence electrons. The number of ether oxygens (including phenoxy) is 1. The van der Waals surface area contributed by atoms with Crippen LogP contribution in [0.1, 0.15) is 23.7 Å². The highest BCUT2D eigenvalue weighted by molar-refractivity contribution is 8.01. The van der Waals surface area contributed by atoms with E-state index in [1.54, 1.807) is 11.8 Å². The molecule has 0 bridgehead atoms. The Morgan fingerprint density at radius 2 is 2.29 bits per heavy atom. The van der Waals surface area contributed by atoms with Gasteiger partial charge in [0.2, 0.25) is 11.0 Å². The fourth-order valence-electron chi connectivity index (χ4n) is 1.39. The zero-order valence-corrected chi connectivity index (χ0v) is 13.8. The van der Waals surface area contributed by atoms with Crippen molar-refractivity contribution in [2.75, 3.05) is 18.2 Å². The molecule has 0 spiro atoms. The summed E-state index contributed by atoms with van der Waals surface area (Å²) in [6, 6.07) is 2.97. The maximum atomic E-state index is 12.1. The molecule has 0 fully saturated rings. The summed E-state index contributed by atoms with van der Waals surface area (Å²) in [6.07, 6.45) is 1.06. The predicted molar refractivity (Wildman–Crippen MR) is 84.7 cm³/mol. The summed E-state index contributed by atoms with van der Waals surface area (Å²) in [5, 5.41) is 11.3. The van der Waals surface area contributed by atoms with E-state index in [1.807, 2.05) is 0 Å². The summed E-state index contributed by atoms with van der Waals surface area (Å²) < 4.78 is 5.81. The Hall–Kier alpha value is -1.38. The summed E-state index contributed by atoms with van der Waals surface area (Å²) in [5.74, 6) is 0.921. The third kappa shape index (κ3) is 4.55. The molecule has 2 heterocycles. The molecular formula is C12H13ClN4O2S2. The number of pyridine rings is 1. The van der Waals surface area contributed by atoms with Crippen LogP contribution in [0.4, 0.5) is 5.13 Å². The number of anilines is 1. The topological polar surface area (TPSA) is 77.0 Å². The molecule has 6 nitrogen and oxygen atoms in total. The van der Waals surface area contributed by atoms with Gasteiger partial charge < -0.3 is 4.74 Å². The number of carbonyl (C=O) groups excluding carboxylic acids is 1. The predicted octanol–water partition coefficient (Wildman–Crippen LogP) is 3.35. The first-order valence-electron chi connectivity index (χ1n) is 6.11. The summed E-state index contributed by atoms with van der Waals surface area (Å²) in [7, 11) is 1.46. The van der Waals surface area contributed by atoms with Gasteiger partial charge in [-0.1, -0.05) is 41.6 Å². The van der Waals surface area contributed by atoms with Crippen LogP contribution >= 0.6 is 34.7 Å². The van der Waals surface area contributed by atoms with E-state index in [1.165, 1.54) is 30.6 Å². The maximum absolute atomic E-state index is 12.1. The maximum Gasteiger partial charge on any atom is 0.257 e. The Balaban J connectivity index is 2.07. The Kier molecular flexibility index (Phi) is 5.77. The summed E-state index contributed by atoms with van der Waals surface area (Å²) >= 11 is 8.79. The van der Waals surface area contributed by atoms with Gasteiger partial charge in [0.1, 0.15) is 5.15 Å². The summed E-state index contributed by atoms with van der Waals surface area (Å²) in [6.45, 7) is 2.09. The molecule has 9 heteroatoms. The molecule has 0 radical (unpaired) electrons. The van der Waals surface area contributed by atoms with Crippen molar-refractivity contribution in [3.8, 4) is 5.88 Å². The molecule has 0 saturated heterocycles. The Morgan fingerprint density at radius 3 is 3.00 bits per heavy atom. The number of hydrogen-bond donors (Lipinski definition) is 1. The molecule has 21 heavy (non-hydrogen) atoms. The van der Waals surface area contributed by atoms with Crippen LogP contribution in [0.15, 0.2) is 16.5 Å². The van der Waals surface area contributed by atoms with E-state index < -0.39 is 0 Å². The van der Waals surface area contributed by atoms with Crippen LogP contribution in [0.2, 0.25) is 5.15 Å². The lowest BCUT2D eigenvalue weighted by Gasteiger charge is -2.04.